The van der Waals surface area contributed by atoms with Gasteiger partial charge in [0.1, 0.15) is 12.4 Å². The van der Waals surface area contributed by atoms with E-state index in [2.05, 4.69) is 24.8 Å². The first kappa shape index (κ1) is 16.5. The van der Waals surface area contributed by atoms with Crippen molar-refractivity contribution in [3.63, 3.8) is 0 Å². The smallest absolute Gasteiger partial charge is 0.119 e. The van der Waals surface area contributed by atoms with Gasteiger partial charge in [0.25, 0.3) is 0 Å². The Morgan fingerprint density at radius 2 is 1.60 bits per heavy atom. The molecule has 0 aliphatic heterocycles. The van der Waals surface area contributed by atoms with Crippen molar-refractivity contribution >= 4 is 0 Å². The molecule has 0 fully saturated rings. The SMILES string of the molecule is CCCCN(CCCC)CCOc1ccc(C#N)cc1. The number of benzene rings is 1. The molecule has 1 aromatic carbocycles. The van der Waals surface area contributed by atoms with Gasteiger partial charge in [0, 0.05) is 6.54 Å². The Balaban J connectivity index is 2.32. The van der Waals surface area contributed by atoms with Gasteiger partial charge >= 0.3 is 0 Å². The highest BCUT2D eigenvalue weighted by molar-refractivity contribution is 5.34. The van der Waals surface area contributed by atoms with Gasteiger partial charge in [0.05, 0.1) is 11.6 Å². The molecule has 0 saturated heterocycles. The van der Waals surface area contributed by atoms with Gasteiger partial charge in [-0.05, 0) is 50.2 Å². The van der Waals surface area contributed by atoms with Crippen LogP contribution in [0.15, 0.2) is 24.3 Å². The number of rotatable bonds is 10. The lowest BCUT2D eigenvalue weighted by molar-refractivity contribution is 0.204. The maximum absolute atomic E-state index is 8.74. The Labute approximate surface area is 123 Å². The molecule has 0 unspecified atom stereocenters. The number of nitrogens with zero attached hydrogens (tertiary/aromatic N) is 2. The van der Waals surface area contributed by atoms with Crippen molar-refractivity contribution in [2.45, 2.75) is 39.5 Å². The minimum Gasteiger partial charge on any atom is -0.492 e. The molecule has 0 bridgehead atoms. The lowest BCUT2D eigenvalue weighted by Crippen LogP contribution is -2.30. The van der Waals surface area contributed by atoms with Gasteiger partial charge in [-0.15, -0.1) is 0 Å². The van der Waals surface area contributed by atoms with Crippen molar-refractivity contribution in [3.8, 4) is 11.8 Å². The van der Waals surface area contributed by atoms with Gasteiger partial charge in [0.15, 0.2) is 0 Å². The molecule has 0 atom stereocenters. The minimum atomic E-state index is 0.671. The number of hydrogen-bond acceptors (Lipinski definition) is 3. The van der Waals surface area contributed by atoms with E-state index in [1.807, 2.05) is 12.1 Å². The van der Waals surface area contributed by atoms with Crippen LogP contribution in [-0.4, -0.2) is 31.1 Å². The molecule has 0 radical (unpaired) electrons. The first-order valence-corrected chi connectivity index (χ1v) is 7.65. The van der Waals surface area contributed by atoms with Gasteiger partial charge in [-0.1, -0.05) is 26.7 Å². The largest absolute Gasteiger partial charge is 0.492 e. The highest BCUT2D eigenvalue weighted by atomic mass is 16.5. The standard InChI is InChI=1S/C17H26N2O/c1-3-5-11-19(12-6-4-2)13-14-20-17-9-7-16(15-18)8-10-17/h7-10H,3-6,11-14H2,1-2H3. The van der Waals surface area contributed by atoms with E-state index in [0.717, 1.165) is 25.4 Å². The molecule has 0 N–H and O–H groups in total. The van der Waals surface area contributed by atoms with Crippen LogP contribution in [0.4, 0.5) is 0 Å². The highest BCUT2D eigenvalue weighted by Crippen LogP contribution is 2.11. The average Bonchev–Trinajstić information content (AvgIpc) is 2.50. The average molecular weight is 274 g/mol. The molecule has 3 nitrogen and oxygen atoms in total. The Kier molecular flexibility index (Phi) is 8.49. The van der Waals surface area contributed by atoms with Crippen molar-refractivity contribution in [2.24, 2.45) is 0 Å². The number of hydrogen-bond donors (Lipinski definition) is 0. The maximum Gasteiger partial charge on any atom is 0.119 e. The Morgan fingerprint density at radius 1 is 1.00 bits per heavy atom. The number of nitriles is 1. The number of unbranched alkanes of at least 4 members (excludes halogenated alkanes) is 2. The van der Waals surface area contributed by atoms with Crippen LogP contribution in [0.3, 0.4) is 0 Å². The topological polar surface area (TPSA) is 36.3 Å². The Hall–Kier alpha value is -1.53. The molecule has 0 aromatic heterocycles. The van der Waals surface area contributed by atoms with Crippen LogP contribution in [0, 0.1) is 11.3 Å². The molecule has 0 aliphatic carbocycles. The van der Waals surface area contributed by atoms with Crippen LogP contribution < -0.4 is 4.74 Å². The summed E-state index contributed by atoms with van der Waals surface area (Å²) in [6.07, 6.45) is 4.97. The summed E-state index contributed by atoms with van der Waals surface area (Å²) in [6, 6.07) is 9.42. The summed E-state index contributed by atoms with van der Waals surface area (Å²) in [5.74, 6) is 0.843. The summed E-state index contributed by atoms with van der Waals surface area (Å²) in [6.45, 7) is 8.45. The van der Waals surface area contributed by atoms with Gasteiger partial charge < -0.3 is 4.74 Å². The van der Waals surface area contributed by atoms with Crippen molar-refractivity contribution in [3.05, 3.63) is 29.8 Å². The summed E-state index contributed by atoms with van der Waals surface area (Å²) >= 11 is 0. The van der Waals surface area contributed by atoms with Crippen LogP contribution in [0.2, 0.25) is 0 Å². The number of ether oxygens (including phenoxy) is 1. The van der Waals surface area contributed by atoms with E-state index in [0.29, 0.717) is 12.2 Å². The van der Waals surface area contributed by atoms with Crippen molar-refractivity contribution in [2.75, 3.05) is 26.2 Å². The fraction of sp³-hybridized carbons (Fsp3) is 0.588. The zero-order valence-electron chi connectivity index (χ0n) is 12.8. The fourth-order valence-corrected chi connectivity index (χ4v) is 2.02. The lowest BCUT2D eigenvalue weighted by Gasteiger charge is -2.21. The first-order chi connectivity index (χ1) is 9.80. The minimum absolute atomic E-state index is 0.671. The molecule has 0 heterocycles. The normalized spacial score (nSPS) is 10.5. The molecule has 0 aliphatic rings. The van der Waals surface area contributed by atoms with Crippen LogP contribution >= 0.6 is 0 Å². The van der Waals surface area contributed by atoms with Crippen LogP contribution in [0.25, 0.3) is 0 Å². The van der Waals surface area contributed by atoms with E-state index in [1.54, 1.807) is 12.1 Å². The summed E-state index contributed by atoms with van der Waals surface area (Å²) in [5.41, 5.74) is 0.671. The maximum atomic E-state index is 8.74. The van der Waals surface area contributed by atoms with Crippen molar-refractivity contribution < 1.29 is 4.74 Å². The van der Waals surface area contributed by atoms with E-state index in [-0.39, 0.29) is 0 Å². The highest BCUT2D eigenvalue weighted by Gasteiger charge is 2.04. The third-order valence-corrected chi connectivity index (χ3v) is 3.32. The second-order valence-electron chi connectivity index (χ2n) is 5.03. The first-order valence-electron chi connectivity index (χ1n) is 7.65. The van der Waals surface area contributed by atoms with Gasteiger partial charge in [0.2, 0.25) is 0 Å². The molecular weight excluding hydrogens is 248 g/mol. The quantitative estimate of drug-likeness (QED) is 0.650. The van der Waals surface area contributed by atoms with E-state index < -0.39 is 0 Å². The second-order valence-corrected chi connectivity index (χ2v) is 5.03. The second kappa shape index (κ2) is 10.3. The molecule has 0 saturated carbocycles. The zero-order chi connectivity index (χ0) is 14.6. The molecule has 20 heavy (non-hydrogen) atoms. The van der Waals surface area contributed by atoms with Crippen LogP contribution in [-0.2, 0) is 0 Å². The summed E-state index contributed by atoms with van der Waals surface area (Å²) in [5, 5.41) is 8.74. The summed E-state index contributed by atoms with van der Waals surface area (Å²) < 4.78 is 5.74. The van der Waals surface area contributed by atoms with E-state index in [9.17, 15) is 0 Å². The molecule has 0 spiro atoms. The van der Waals surface area contributed by atoms with Gasteiger partial charge in [-0.3, -0.25) is 4.90 Å². The summed E-state index contributed by atoms with van der Waals surface area (Å²) in [4.78, 5) is 2.48. The molecule has 3 heteroatoms. The van der Waals surface area contributed by atoms with Gasteiger partial charge in [-0.2, -0.15) is 5.26 Å². The molecular formula is C17H26N2O. The third kappa shape index (κ3) is 6.58. The van der Waals surface area contributed by atoms with Crippen LogP contribution in [0.1, 0.15) is 45.1 Å². The Morgan fingerprint density at radius 3 is 2.10 bits per heavy atom. The predicted octanol–water partition coefficient (Wildman–Crippen LogP) is 3.84. The Bertz CT molecular complexity index is 386. The van der Waals surface area contributed by atoms with Gasteiger partial charge in [-0.25, -0.2) is 0 Å². The predicted molar refractivity (Wildman–Crippen MR) is 82.9 cm³/mol. The lowest BCUT2D eigenvalue weighted by atomic mass is 10.2. The van der Waals surface area contributed by atoms with E-state index >= 15 is 0 Å². The van der Waals surface area contributed by atoms with Crippen molar-refractivity contribution in [1.82, 2.24) is 4.90 Å². The summed E-state index contributed by atoms with van der Waals surface area (Å²) in [7, 11) is 0. The molecule has 1 rings (SSSR count). The monoisotopic (exact) mass is 274 g/mol. The molecule has 110 valence electrons. The zero-order valence-corrected chi connectivity index (χ0v) is 12.8. The fourth-order valence-electron chi connectivity index (χ4n) is 2.02. The van der Waals surface area contributed by atoms with Crippen molar-refractivity contribution in [1.29, 1.82) is 5.26 Å². The third-order valence-electron chi connectivity index (χ3n) is 3.32. The molecule has 1 aromatic rings. The molecule has 0 amide bonds. The van der Waals surface area contributed by atoms with E-state index in [4.69, 9.17) is 10.00 Å². The van der Waals surface area contributed by atoms with E-state index in [1.165, 1.54) is 25.7 Å². The van der Waals surface area contributed by atoms with Crippen LogP contribution in [0.5, 0.6) is 5.75 Å².